The summed E-state index contributed by atoms with van der Waals surface area (Å²) < 4.78 is -1.10. The quantitative estimate of drug-likeness (QED) is 0.667. The van der Waals surface area contributed by atoms with Gasteiger partial charge in [-0.3, -0.25) is 4.79 Å². The molecule has 5 heteroatoms. The first-order valence-corrected chi connectivity index (χ1v) is 3.99. The van der Waals surface area contributed by atoms with Gasteiger partial charge in [0.05, 0.1) is 6.10 Å². The average molecular weight is 199 g/mol. The van der Waals surface area contributed by atoms with E-state index in [-0.39, 0.29) is 12.3 Å². The Bertz CT molecular complexity index is 181. The maximum atomic E-state index is 10.1. The zero-order chi connectivity index (χ0) is 8.65. The molecule has 0 amide bonds. The van der Waals surface area contributed by atoms with Crippen molar-refractivity contribution in [2.24, 2.45) is 5.92 Å². The number of carboxylic acids is 1. The SMILES string of the molecule is O=C(O)CC[C@H]1[C@@H](O)C1(Cl)Cl. The zero-order valence-electron chi connectivity index (χ0n) is 5.63. The van der Waals surface area contributed by atoms with Gasteiger partial charge in [0.15, 0.2) is 0 Å². The maximum Gasteiger partial charge on any atom is 0.303 e. The van der Waals surface area contributed by atoms with Gasteiger partial charge in [0, 0.05) is 12.3 Å². The fraction of sp³-hybridized carbons (Fsp3) is 0.833. The topological polar surface area (TPSA) is 57.5 Å². The molecule has 1 saturated carbocycles. The fourth-order valence-electron chi connectivity index (χ4n) is 1.00. The lowest BCUT2D eigenvalue weighted by molar-refractivity contribution is -0.137. The molecule has 0 spiro atoms. The van der Waals surface area contributed by atoms with Crippen LogP contribution in [0.15, 0.2) is 0 Å². The van der Waals surface area contributed by atoms with Crippen LogP contribution in [0.5, 0.6) is 0 Å². The second kappa shape index (κ2) is 2.81. The van der Waals surface area contributed by atoms with E-state index >= 15 is 0 Å². The summed E-state index contributed by atoms with van der Waals surface area (Å²) in [5, 5.41) is 17.3. The van der Waals surface area contributed by atoms with Gasteiger partial charge in [-0.05, 0) is 6.42 Å². The van der Waals surface area contributed by atoms with Crippen LogP contribution in [0.25, 0.3) is 0 Å². The van der Waals surface area contributed by atoms with E-state index in [1.54, 1.807) is 0 Å². The van der Waals surface area contributed by atoms with Crippen LogP contribution in [-0.2, 0) is 4.79 Å². The molecule has 0 bridgehead atoms. The van der Waals surface area contributed by atoms with Crippen LogP contribution in [0.3, 0.4) is 0 Å². The summed E-state index contributed by atoms with van der Waals surface area (Å²) in [6, 6.07) is 0. The molecule has 0 aromatic rings. The number of alkyl halides is 2. The van der Waals surface area contributed by atoms with Crippen molar-refractivity contribution >= 4 is 29.2 Å². The van der Waals surface area contributed by atoms with Gasteiger partial charge in [-0.2, -0.15) is 0 Å². The monoisotopic (exact) mass is 198 g/mol. The molecule has 2 atom stereocenters. The number of aliphatic carboxylic acids is 1. The number of carbonyl (C=O) groups is 1. The molecular weight excluding hydrogens is 191 g/mol. The fourth-order valence-corrected chi connectivity index (χ4v) is 1.64. The van der Waals surface area contributed by atoms with Gasteiger partial charge in [-0.1, -0.05) is 23.2 Å². The van der Waals surface area contributed by atoms with Crippen molar-refractivity contribution in [1.29, 1.82) is 0 Å². The van der Waals surface area contributed by atoms with Crippen LogP contribution in [0.2, 0.25) is 0 Å². The first-order chi connectivity index (χ1) is 4.96. The summed E-state index contributed by atoms with van der Waals surface area (Å²) in [7, 11) is 0. The number of rotatable bonds is 3. The normalized spacial score (nSPS) is 33.4. The average Bonchev–Trinajstić information content (AvgIpc) is 2.30. The Balaban J connectivity index is 2.27. The Morgan fingerprint density at radius 2 is 2.00 bits per heavy atom. The van der Waals surface area contributed by atoms with Gasteiger partial charge in [-0.15, -0.1) is 0 Å². The molecule has 1 fully saturated rings. The van der Waals surface area contributed by atoms with Gasteiger partial charge in [0.2, 0.25) is 0 Å². The van der Waals surface area contributed by atoms with Crippen LogP contribution in [-0.4, -0.2) is 26.6 Å². The molecule has 3 nitrogen and oxygen atoms in total. The van der Waals surface area contributed by atoms with Crippen LogP contribution < -0.4 is 0 Å². The second-order valence-corrected chi connectivity index (χ2v) is 4.10. The van der Waals surface area contributed by atoms with Crippen molar-refractivity contribution in [3.05, 3.63) is 0 Å². The standard InChI is InChI=1S/C6H8Cl2O3/c7-6(8)3(5(6)11)1-2-4(9)10/h3,5,11H,1-2H2,(H,9,10)/t3-,5+/m0/s1. The van der Waals surface area contributed by atoms with Gasteiger partial charge in [-0.25, -0.2) is 0 Å². The molecule has 0 aromatic heterocycles. The Hall–Kier alpha value is 0.01000. The van der Waals surface area contributed by atoms with E-state index in [9.17, 15) is 4.79 Å². The minimum Gasteiger partial charge on any atom is -0.481 e. The van der Waals surface area contributed by atoms with Gasteiger partial charge in [0.1, 0.15) is 4.33 Å². The summed E-state index contributed by atoms with van der Waals surface area (Å²) in [4.78, 5) is 10.1. The molecule has 0 radical (unpaired) electrons. The van der Waals surface area contributed by atoms with E-state index < -0.39 is 16.4 Å². The zero-order valence-corrected chi connectivity index (χ0v) is 7.14. The predicted molar refractivity (Wildman–Crippen MR) is 40.8 cm³/mol. The van der Waals surface area contributed by atoms with Gasteiger partial charge < -0.3 is 10.2 Å². The van der Waals surface area contributed by atoms with Gasteiger partial charge >= 0.3 is 5.97 Å². The van der Waals surface area contributed by atoms with Crippen molar-refractivity contribution in [3.8, 4) is 0 Å². The Morgan fingerprint density at radius 1 is 1.55 bits per heavy atom. The number of halogens is 2. The van der Waals surface area contributed by atoms with Crippen molar-refractivity contribution in [2.75, 3.05) is 0 Å². The van der Waals surface area contributed by atoms with E-state index in [4.69, 9.17) is 33.4 Å². The van der Waals surface area contributed by atoms with Crippen molar-refractivity contribution in [1.82, 2.24) is 0 Å². The Kier molecular flexibility index (Phi) is 2.32. The molecule has 1 aliphatic rings. The minimum atomic E-state index is -1.10. The number of carboxylic acid groups (broad SMARTS) is 1. The van der Waals surface area contributed by atoms with Gasteiger partial charge in [0.25, 0.3) is 0 Å². The highest BCUT2D eigenvalue weighted by Gasteiger charge is 2.62. The highest BCUT2D eigenvalue weighted by molar-refractivity contribution is 6.51. The lowest BCUT2D eigenvalue weighted by atomic mass is 10.2. The van der Waals surface area contributed by atoms with Crippen molar-refractivity contribution in [3.63, 3.8) is 0 Å². The van der Waals surface area contributed by atoms with Crippen LogP contribution in [0.1, 0.15) is 12.8 Å². The Morgan fingerprint density at radius 3 is 2.27 bits per heavy atom. The third kappa shape index (κ3) is 1.78. The number of aliphatic hydroxyl groups is 1. The molecule has 0 aliphatic heterocycles. The molecule has 64 valence electrons. The van der Waals surface area contributed by atoms with E-state index in [2.05, 4.69) is 0 Å². The summed E-state index contributed by atoms with van der Waals surface area (Å²) >= 11 is 11.1. The first kappa shape index (κ1) is 9.10. The van der Waals surface area contributed by atoms with Crippen LogP contribution >= 0.6 is 23.2 Å². The molecule has 11 heavy (non-hydrogen) atoms. The summed E-state index contributed by atoms with van der Waals surface area (Å²) in [6.45, 7) is 0. The highest BCUT2D eigenvalue weighted by Crippen LogP contribution is 2.55. The molecule has 0 unspecified atom stereocenters. The second-order valence-electron chi connectivity index (χ2n) is 2.66. The third-order valence-electron chi connectivity index (χ3n) is 1.83. The van der Waals surface area contributed by atoms with Crippen molar-refractivity contribution in [2.45, 2.75) is 23.3 Å². The number of hydrogen-bond acceptors (Lipinski definition) is 2. The van der Waals surface area contributed by atoms with E-state index in [0.29, 0.717) is 6.42 Å². The minimum absolute atomic E-state index is 0.00289. The molecule has 1 rings (SSSR count). The Labute approximate surface area is 73.9 Å². The number of hydrogen-bond donors (Lipinski definition) is 2. The largest absolute Gasteiger partial charge is 0.481 e. The van der Waals surface area contributed by atoms with Crippen molar-refractivity contribution < 1.29 is 15.0 Å². The lowest BCUT2D eigenvalue weighted by Crippen LogP contribution is -1.97. The smallest absolute Gasteiger partial charge is 0.303 e. The van der Waals surface area contributed by atoms with E-state index in [0.717, 1.165) is 0 Å². The van der Waals surface area contributed by atoms with E-state index in [1.165, 1.54) is 0 Å². The summed E-state index contributed by atoms with van der Waals surface area (Å²) in [5.41, 5.74) is 0. The number of aliphatic hydroxyl groups excluding tert-OH is 1. The molecular formula is C6H8Cl2O3. The third-order valence-corrected chi connectivity index (χ3v) is 2.84. The molecule has 0 saturated heterocycles. The molecule has 1 aliphatic carbocycles. The summed E-state index contributed by atoms with van der Waals surface area (Å²) in [5.74, 6) is -1.17. The predicted octanol–water partition coefficient (Wildman–Crippen LogP) is 1.02. The van der Waals surface area contributed by atoms with E-state index in [1.807, 2.05) is 0 Å². The summed E-state index contributed by atoms with van der Waals surface area (Å²) in [6.07, 6.45) is -0.419. The lowest BCUT2D eigenvalue weighted by Gasteiger charge is -1.93. The highest BCUT2D eigenvalue weighted by atomic mass is 35.5. The first-order valence-electron chi connectivity index (χ1n) is 3.24. The molecule has 2 N–H and O–H groups in total. The molecule has 0 aromatic carbocycles. The van der Waals surface area contributed by atoms with Crippen LogP contribution in [0.4, 0.5) is 0 Å². The van der Waals surface area contributed by atoms with Crippen LogP contribution in [0, 0.1) is 5.92 Å². The maximum absolute atomic E-state index is 10.1. The molecule has 0 heterocycles.